The number of nitrogens with two attached hydrogens (primary N) is 1. The molecule has 0 aliphatic carbocycles. The molecule has 0 radical (unpaired) electrons. The molecular weight excluding hydrogens is 344 g/mol. The minimum Gasteiger partial charge on any atom is -0.381 e. The van der Waals surface area contributed by atoms with E-state index < -0.39 is 5.41 Å². The van der Waals surface area contributed by atoms with Crippen LogP contribution in [0.15, 0.2) is 30.3 Å². The molecule has 0 bridgehead atoms. The van der Waals surface area contributed by atoms with Crippen molar-refractivity contribution in [1.82, 2.24) is 25.5 Å². The Labute approximate surface area is 152 Å². The number of aromatic nitrogens is 4. The van der Waals surface area contributed by atoms with Gasteiger partial charge in [-0.05, 0) is 42.3 Å². The standard InChI is InChI=1S/C16H22N6O2.ClH/c1-12(18-15(23)16(11-17)7-9-24-10-8-16)14-19-20-21-22(14)13-5-3-2-4-6-13;/h2-6,12H,7-11,17H2,1H3,(H,18,23);1H. The molecule has 9 heteroatoms. The monoisotopic (exact) mass is 366 g/mol. The van der Waals surface area contributed by atoms with Crippen molar-refractivity contribution in [2.24, 2.45) is 11.1 Å². The molecule has 1 aliphatic heterocycles. The van der Waals surface area contributed by atoms with Crippen molar-refractivity contribution in [3.05, 3.63) is 36.2 Å². The number of carbonyl (C=O) groups excluding carboxylic acids is 1. The molecule has 1 fully saturated rings. The van der Waals surface area contributed by atoms with E-state index in [0.29, 0.717) is 38.4 Å². The summed E-state index contributed by atoms with van der Waals surface area (Å²) in [5.41, 5.74) is 6.17. The minimum atomic E-state index is -0.572. The van der Waals surface area contributed by atoms with Crippen LogP contribution >= 0.6 is 12.4 Å². The number of amides is 1. The first-order valence-corrected chi connectivity index (χ1v) is 8.09. The number of nitrogens with zero attached hydrogens (tertiary/aromatic N) is 4. The van der Waals surface area contributed by atoms with E-state index in [0.717, 1.165) is 5.69 Å². The Bertz CT molecular complexity index is 687. The molecule has 1 saturated heterocycles. The zero-order valence-corrected chi connectivity index (χ0v) is 14.9. The number of tetrazole rings is 1. The zero-order valence-electron chi connectivity index (χ0n) is 14.1. The van der Waals surface area contributed by atoms with E-state index in [1.165, 1.54) is 0 Å². The third-order valence-corrected chi connectivity index (χ3v) is 4.55. The number of hydrogen-bond acceptors (Lipinski definition) is 6. The summed E-state index contributed by atoms with van der Waals surface area (Å²) in [6, 6.07) is 9.24. The van der Waals surface area contributed by atoms with Crippen LogP contribution in [0.4, 0.5) is 0 Å². The lowest BCUT2D eigenvalue weighted by Crippen LogP contribution is -2.49. The van der Waals surface area contributed by atoms with Gasteiger partial charge >= 0.3 is 0 Å². The summed E-state index contributed by atoms with van der Waals surface area (Å²) in [5, 5.41) is 14.9. The lowest BCUT2D eigenvalue weighted by atomic mass is 9.79. The quantitative estimate of drug-likeness (QED) is 0.817. The van der Waals surface area contributed by atoms with Gasteiger partial charge in [0.2, 0.25) is 5.91 Å². The van der Waals surface area contributed by atoms with Gasteiger partial charge in [0.05, 0.1) is 17.1 Å². The second-order valence-electron chi connectivity index (χ2n) is 6.08. The molecule has 3 N–H and O–H groups in total. The number of para-hydroxylation sites is 1. The molecule has 2 heterocycles. The number of benzene rings is 1. The normalized spacial score (nSPS) is 17.4. The predicted molar refractivity (Wildman–Crippen MR) is 94.5 cm³/mol. The highest BCUT2D eigenvalue weighted by Crippen LogP contribution is 2.30. The third-order valence-electron chi connectivity index (χ3n) is 4.55. The summed E-state index contributed by atoms with van der Waals surface area (Å²) in [5.74, 6) is 0.511. The Morgan fingerprint density at radius 2 is 2.04 bits per heavy atom. The van der Waals surface area contributed by atoms with Gasteiger partial charge in [0, 0.05) is 19.8 Å². The molecular formula is C16H23ClN6O2. The van der Waals surface area contributed by atoms with E-state index in [9.17, 15) is 4.79 Å². The molecule has 1 unspecified atom stereocenters. The second-order valence-corrected chi connectivity index (χ2v) is 6.08. The zero-order chi connectivity index (χ0) is 17.0. The van der Waals surface area contributed by atoms with Crippen LogP contribution in [0.1, 0.15) is 31.6 Å². The lowest BCUT2D eigenvalue weighted by molar-refractivity contribution is -0.136. The van der Waals surface area contributed by atoms with Crippen LogP contribution in [0.5, 0.6) is 0 Å². The molecule has 1 amide bonds. The summed E-state index contributed by atoms with van der Waals surface area (Å²) in [4.78, 5) is 12.8. The summed E-state index contributed by atoms with van der Waals surface area (Å²) < 4.78 is 6.99. The molecule has 3 rings (SSSR count). The van der Waals surface area contributed by atoms with Crippen molar-refractivity contribution in [2.75, 3.05) is 19.8 Å². The third kappa shape index (κ3) is 3.97. The van der Waals surface area contributed by atoms with E-state index in [1.807, 2.05) is 37.3 Å². The van der Waals surface area contributed by atoms with Crippen LogP contribution in [-0.4, -0.2) is 45.9 Å². The number of ether oxygens (including phenoxy) is 1. The summed E-state index contributed by atoms with van der Waals surface area (Å²) >= 11 is 0. The molecule has 1 atom stereocenters. The number of rotatable bonds is 5. The molecule has 1 aromatic heterocycles. The van der Waals surface area contributed by atoms with Crippen LogP contribution in [0.3, 0.4) is 0 Å². The Balaban J connectivity index is 0.00000225. The first kappa shape index (κ1) is 19.3. The highest BCUT2D eigenvalue weighted by atomic mass is 35.5. The maximum absolute atomic E-state index is 12.8. The van der Waals surface area contributed by atoms with E-state index in [1.54, 1.807) is 4.68 Å². The van der Waals surface area contributed by atoms with Crippen LogP contribution in [0.2, 0.25) is 0 Å². The second kappa shape index (κ2) is 8.37. The summed E-state index contributed by atoms with van der Waals surface area (Å²) in [7, 11) is 0. The number of halogens is 1. The highest BCUT2D eigenvalue weighted by Gasteiger charge is 2.39. The van der Waals surface area contributed by atoms with Gasteiger partial charge < -0.3 is 15.8 Å². The molecule has 8 nitrogen and oxygen atoms in total. The van der Waals surface area contributed by atoms with E-state index >= 15 is 0 Å². The van der Waals surface area contributed by atoms with Crippen molar-refractivity contribution in [1.29, 1.82) is 0 Å². The largest absolute Gasteiger partial charge is 0.381 e. The minimum absolute atomic E-state index is 0. The average molecular weight is 367 g/mol. The maximum Gasteiger partial charge on any atom is 0.228 e. The van der Waals surface area contributed by atoms with Gasteiger partial charge in [0.1, 0.15) is 0 Å². The van der Waals surface area contributed by atoms with Crippen LogP contribution in [0, 0.1) is 5.41 Å². The number of carbonyl (C=O) groups is 1. The maximum atomic E-state index is 12.8. The van der Waals surface area contributed by atoms with E-state index in [4.69, 9.17) is 10.5 Å². The fourth-order valence-corrected chi connectivity index (χ4v) is 2.92. The van der Waals surface area contributed by atoms with E-state index in [-0.39, 0.29) is 24.4 Å². The van der Waals surface area contributed by atoms with Crippen molar-refractivity contribution < 1.29 is 9.53 Å². The van der Waals surface area contributed by atoms with Crippen LogP contribution in [-0.2, 0) is 9.53 Å². The Morgan fingerprint density at radius 1 is 1.36 bits per heavy atom. The number of hydrogen-bond donors (Lipinski definition) is 2. The SMILES string of the molecule is CC(NC(=O)C1(CN)CCOCC1)c1nnnn1-c1ccccc1.Cl. The Morgan fingerprint density at radius 3 is 2.68 bits per heavy atom. The van der Waals surface area contributed by atoms with E-state index in [2.05, 4.69) is 20.8 Å². The van der Waals surface area contributed by atoms with Gasteiger partial charge in [-0.25, -0.2) is 0 Å². The van der Waals surface area contributed by atoms with Crippen molar-refractivity contribution >= 4 is 18.3 Å². The summed E-state index contributed by atoms with van der Waals surface area (Å²) in [6.07, 6.45) is 1.26. The van der Waals surface area contributed by atoms with Gasteiger partial charge in [0.15, 0.2) is 5.82 Å². The average Bonchev–Trinajstić information content (AvgIpc) is 3.13. The van der Waals surface area contributed by atoms with Gasteiger partial charge in [-0.3, -0.25) is 4.79 Å². The molecule has 0 saturated carbocycles. The lowest BCUT2D eigenvalue weighted by Gasteiger charge is -2.35. The molecule has 1 aromatic carbocycles. The Hall–Kier alpha value is -2.03. The molecule has 136 valence electrons. The summed E-state index contributed by atoms with van der Waals surface area (Å²) in [6.45, 7) is 3.28. The van der Waals surface area contributed by atoms with Gasteiger partial charge in [-0.15, -0.1) is 17.5 Å². The van der Waals surface area contributed by atoms with Crippen molar-refractivity contribution in [3.8, 4) is 5.69 Å². The smallest absolute Gasteiger partial charge is 0.228 e. The van der Waals surface area contributed by atoms with Gasteiger partial charge in [-0.2, -0.15) is 4.68 Å². The fraction of sp³-hybridized carbons (Fsp3) is 0.500. The van der Waals surface area contributed by atoms with Crippen LogP contribution in [0.25, 0.3) is 5.69 Å². The predicted octanol–water partition coefficient (Wildman–Crippen LogP) is 1.02. The number of nitrogens with one attached hydrogen (secondary N) is 1. The van der Waals surface area contributed by atoms with Gasteiger partial charge in [-0.1, -0.05) is 18.2 Å². The molecule has 1 aliphatic rings. The molecule has 25 heavy (non-hydrogen) atoms. The van der Waals surface area contributed by atoms with Gasteiger partial charge in [0.25, 0.3) is 0 Å². The first-order chi connectivity index (χ1) is 11.7. The van der Waals surface area contributed by atoms with Crippen molar-refractivity contribution in [3.63, 3.8) is 0 Å². The fourth-order valence-electron chi connectivity index (χ4n) is 2.92. The van der Waals surface area contributed by atoms with Crippen LogP contribution < -0.4 is 11.1 Å². The molecule has 0 spiro atoms. The van der Waals surface area contributed by atoms with Crippen molar-refractivity contribution in [2.45, 2.75) is 25.8 Å². The highest BCUT2D eigenvalue weighted by molar-refractivity contribution is 5.85. The Kier molecular flexibility index (Phi) is 6.46. The first-order valence-electron chi connectivity index (χ1n) is 8.09. The molecule has 2 aromatic rings. The topological polar surface area (TPSA) is 108 Å².